The average Bonchev–Trinajstić information content (AvgIpc) is 2.33. The van der Waals surface area contributed by atoms with Crippen LogP contribution < -0.4 is 37.2 Å². The monoisotopic (exact) mass is 314 g/mol. The molecule has 2 aliphatic rings. The van der Waals surface area contributed by atoms with Crippen LogP contribution in [0, 0.1) is 12.3 Å². The molecule has 0 aromatic rings. The Kier molecular flexibility index (Phi) is 12.4. The molecular weight excluding hydrogens is 298 g/mol. The second kappa shape index (κ2) is 8.94. The second-order valence-corrected chi connectivity index (χ2v) is 4.06. The topological polar surface area (TPSA) is 0 Å². The van der Waals surface area contributed by atoms with E-state index in [-0.39, 0.29) is 58.9 Å². The molecule has 0 aromatic carbocycles. The van der Waals surface area contributed by atoms with E-state index in [0.717, 1.165) is 5.92 Å². The van der Waals surface area contributed by atoms with Crippen LogP contribution in [0.5, 0.6) is 0 Å². The minimum atomic E-state index is 0. The van der Waals surface area contributed by atoms with Gasteiger partial charge in [0.25, 0.3) is 0 Å². The molecule has 90 valence electrons. The molecule has 0 radical (unpaired) electrons. The summed E-state index contributed by atoms with van der Waals surface area (Å²) in [6, 6.07) is 0. The Morgan fingerprint density at radius 3 is 2.19 bits per heavy atom. The van der Waals surface area contributed by atoms with Gasteiger partial charge < -0.3 is 37.2 Å². The smallest absolute Gasteiger partial charge is 1.00 e. The predicted octanol–water partition coefficient (Wildman–Crippen LogP) is -5.33. The first-order valence-electron chi connectivity index (χ1n) is 4.96. The first kappa shape index (κ1) is 22.1. The Morgan fingerprint density at radius 1 is 1.12 bits per heavy atom. The van der Waals surface area contributed by atoms with Crippen molar-refractivity contribution in [2.45, 2.75) is 40.0 Å². The number of halogens is 3. The van der Waals surface area contributed by atoms with Gasteiger partial charge >= 0.3 is 21.7 Å². The van der Waals surface area contributed by atoms with E-state index in [4.69, 9.17) is 0 Å². The zero-order valence-electron chi connectivity index (χ0n) is 9.91. The summed E-state index contributed by atoms with van der Waals surface area (Å²) in [5, 5.41) is 0. The molecule has 4 heteroatoms. The fraction of sp³-hybridized carbons (Fsp3) is 0.583. The van der Waals surface area contributed by atoms with Gasteiger partial charge in [-0.2, -0.15) is 23.1 Å². The van der Waals surface area contributed by atoms with Crippen molar-refractivity contribution in [1.29, 1.82) is 0 Å². The molecule has 0 fully saturated rings. The van der Waals surface area contributed by atoms with Crippen LogP contribution in [0.25, 0.3) is 0 Å². The van der Waals surface area contributed by atoms with Gasteiger partial charge in [-0.15, -0.1) is 5.57 Å². The predicted molar refractivity (Wildman–Crippen MR) is 52.7 cm³/mol. The maximum atomic E-state index is 2.43. The normalized spacial score (nSPS) is 21.8. The molecule has 0 nitrogen and oxygen atoms in total. The Balaban J connectivity index is -0.000000422. The minimum absolute atomic E-state index is 0. The van der Waals surface area contributed by atoms with Crippen LogP contribution in [-0.2, 0) is 21.7 Å². The fourth-order valence-electron chi connectivity index (χ4n) is 2.45. The summed E-state index contributed by atoms with van der Waals surface area (Å²) in [6.45, 7) is 6.91. The molecule has 0 amide bonds. The van der Waals surface area contributed by atoms with E-state index in [9.17, 15) is 0 Å². The van der Waals surface area contributed by atoms with Crippen LogP contribution in [0.4, 0.5) is 0 Å². The van der Waals surface area contributed by atoms with E-state index in [1.165, 1.54) is 19.3 Å². The van der Waals surface area contributed by atoms with Gasteiger partial charge in [0.1, 0.15) is 0 Å². The molecule has 0 aromatic heterocycles. The summed E-state index contributed by atoms with van der Waals surface area (Å²) in [7, 11) is 0. The molecule has 16 heavy (non-hydrogen) atoms. The van der Waals surface area contributed by atoms with Gasteiger partial charge in [-0.3, -0.25) is 0 Å². The molecule has 1 atom stereocenters. The van der Waals surface area contributed by atoms with Crippen molar-refractivity contribution in [2.24, 2.45) is 5.92 Å². The fourth-order valence-corrected chi connectivity index (χ4v) is 2.45. The van der Waals surface area contributed by atoms with E-state index in [2.05, 4.69) is 27.2 Å². The average molecular weight is 315 g/mol. The largest absolute Gasteiger partial charge is 4.00 e. The molecular formula is C12H17Cl3Ti. The molecule has 2 aliphatic carbocycles. The maximum Gasteiger partial charge on any atom is 4.00 e. The maximum absolute atomic E-state index is 2.43. The molecule has 0 spiro atoms. The summed E-state index contributed by atoms with van der Waals surface area (Å²) in [6.07, 6.45) is 6.42. The quantitative estimate of drug-likeness (QED) is 0.309. The van der Waals surface area contributed by atoms with Gasteiger partial charge in [-0.05, 0) is 0 Å². The molecule has 0 heterocycles. The van der Waals surface area contributed by atoms with E-state index in [0.29, 0.717) is 0 Å². The summed E-state index contributed by atoms with van der Waals surface area (Å²) < 4.78 is 0. The molecule has 0 aliphatic heterocycles. The van der Waals surface area contributed by atoms with Crippen molar-refractivity contribution >= 4 is 0 Å². The van der Waals surface area contributed by atoms with Crippen molar-refractivity contribution in [1.82, 2.24) is 0 Å². The van der Waals surface area contributed by atoms with E-state index < -0.39 is 0 Å². The summed E-state index contributed by atoms with van der Waals surface area (Å²) >= 11 is 0. The Morgan fingerprint density at radius 2 is 1.69 bits per heavy atom. The van der Waals surface area contributed by atoms with Crippen molar-refractivity contribution in [3.8, 4) is 0 Å². The Labute approximate surface area is 133 Å². The van der Waals surface area contributed by atoms with Gasteiger partial charge in [0.2, 0.25) is 0 Å². The van der Waals surface area contributed by atoms with E-state index in [1.807, 2.05) is 0 Å². The van der Waals surface area contributed by atoms with Gasteiger partial charge in [-0.25, -0.2) is 0 Å². The van der Waals surface area contributed by atoms with Crippen LogP contribution >= 0.6 is 0 Å². The standard InChI is InChI=1S/C12H17.3ClH.Ti/c1-8-9(2)11-6-4-5-7-12(11)10(8)3;;;;/h6,10H,4-5,7H2,1-3H3;3*1H;/q-1;;;;+4/p-3. The molecule has 0 saturated heterocycles. The van der Waals surface area contributed by atoms with Gasteiger partial charge in [0.05, 0.1) is 0 Å². The number of rotatable bonds is 0. The van der Waals surface area contributed by atoms with Crippen LogP contribution in [-0.4, -0.2) is 0 Å². The second-order valence-electron chi connectivity index (χ2n) is 4.06. The van der Waals surface area contributed by atoms with Crippen molar-refractivity contribution in [2.75, 3.05) is 0 Å². The van der Waals surface area contributed by atoms with Crippen LogP contribution in [0.1, 0.15) is 40.0 Å². The molecule has 0 bridgehead atoms. The van der Waals surface area contributed by atoms with E-state index in [1.54, 1.807) is 22.3 Å². The van der Waals surface area contributed by atoms with E-state index >= 15 is 0 Å². The Hall–Kier alpha value is 0.934. The molecule has 1 unspecified atom stereocenters. The third kappa shape index (κ3) is 3.72. The van der Waals surface area contributed by atoms with Gasteiger partial charge in [-0.1, -0.05) is 46.0 Å². The minimum Gasteiger partial charge on any atom is -1.00 e. The van der Waals surface area contributed by atoms with Crippen molar-refractivity contribution < 1.29 is 58.9 Å². The summed E-state index contributed by atoms with van der Waals surface area (Å²) in [5.74, 6) is 0.733. The number of hydrogen-bond acceptors (Lipinski definition) is 0. The first-order chi connectivity index (χ1) is 5.72. The number of allylic oxidation sites excluding steroid dienone is 4. The summed E-state index contributed by atoms with van der Waals surface area (Å²) in [4.78, 5) is 0. The van der Waals surface area contributed by atoms with Gasteiger partial charge in [0.15, 0.2) is 0 Å². The summed E-state index contributed by atoms with van der Waals surface area (Å²) in [5.41, 5.74) is 6.44. The Bertz CT molecular complexity index is 282. The van der Waals surface area contributed by atoms with Crippen molar-refractivity contribution in [3.05, 3.63) is 28.7 Å². The molecule has 0 N–H and O–H groups in total. The van der Waals surface area contributed by atoms with Crippen LogP contribution in [0.3, 0.4) is 0 Å². The van der Waals surface area contributed by atoms with Crippen LogP contribution in [0.2, 0.25) is 0 Å². The number of hydrogen-bond donors (Lipinski definition) is 0. The SMILES string of the molecule is CC1=C(C)C(C)C2=C1[CH-]CCC2.[Cl-].[Cl-].[Cl-].[Ti+4]. The first-order valence-corrected chi connectivity index (χ1v) is 4.96. The molecule has 2 rings (SSSR count). The molecule has 0 saturated carbocycles. The third-order valence-electron chi connectivity index (χ3n) is 3.51. The third-order valence-corrected chi connectivity index (χ3v) is 3.51. The zero-order valence-corrected chi connectivity index (χ0v) is 13.7. The van der Waals surface area contributed by atoms with Crippen molar-refractivity contribution in [3.63, 3.8) is 0 Å². The van der Waals surface area contributed by atoms with Crippen LogP contribution in [0.15, 0.2) is 22.3 Å². The zero-order chi connectivity index (χ0) is 8.72. The van der Waals surface area contributed by atoms with Gasteiger partial charge in [0, 0.05) is 0 Å².